The summed E-state index contributed by atoms with van der Waals surface area (Å²) in [4.78, 5) is 27.0. The Morgan fingerprint density at radius 1 is 0.757 bits per heavy atom. The zero-order valence-corrected chi connectivity index (χ0v) is 20.3. The number of ether oxygens (including phenoxy) is 1. The molecule has 0 aromatic heterocycles. The standard InChI is InChI=1S/C29H27FN4O3/c1-21-9-5-7-13-26(21)32-28(35)31-19-20-34(29(36)33-27-14-8-6-12-25(27)30)22-15-17-24(18-16-22)37-23-10-3-2-4-11-23/h2-18H,19-20H2,1H3,(H,33,36)(H2,31,32,35). The van der Waals surface area contributed by atoms with E-state index in [0.717, 1.165) is 5.56 Å². The molecule has 0 spiro atoms. The Morgan fingerprint density at radius 2 is 1.38 bits per heavy atom. The number of carbonyl (C=O) groups is 2. The molecule has 4 rings (SSSR count). The lowest BCUT2D eigenvalue weighted by Gasteiger charge is -2.24. The first-order chi connectivity index (χ1) is 18.0. The molecule has 0 fully saturated rings. The van der Waals surface area contributed by atoms with Crippen LogP contribution in [0, 0.1) is 12.7 Å². The van der Waals surface area contributed by atoms with E-state index >= 15 is 0 Å². The van der Waals surface area contributed by atoms with Crippen LogP contribution in [-0.2, 0) is 0 Å². The maximum Gasteiger partial charge on any atom is 0.326 e. The van der Waals surface area contributed by atoms with Gasteiger partial charge in [-0.1, -0.05) is 48.5 Å². The third kappa shape index (κ3) is 7.08. The highest BCUT2D eigenvalue weighted by Gasteiger charge is 2.18. The smallest absolute Gasteiger partial charge is 0.326 e. The third-order valence-corrected chi connectivity index (χ3v) is 5.50. The Hall–Kier alpha value is -4.85. The summed E-state index contributed by atoms with van der Waals surface area (Å²) in [5.41, 5.74) is 2.24. The average molecular weight is 499 g/mol. The molecule has 0 aliphatic heterocycles. The quantitative estimate of drug-likeness (QED) is 0.250. The van der Waals surface area contributed by atoms with Gasteiger partial charge in [0, 0.05) is 24.5 Å². The van der Waals surface area contributed by atoms with Gasteiger partial charge in [0.05, 0.1) is 5.69 Å². The summed E-state index contributed by atoms with van der Waals surface area (Å²) in [6.45, 7) is 2.20. The summed E-state index contributed by atoms with van der Waals surface area (Å²) in [6.07, 6.45) is 0. The van der Waals surface area contributed by atoms with E-state index in [1.54, 1.807) is 36.4 Å². The van der Waals surface area contributed by atoms with Gasteiger partial charge >= 0.3 is 12.1 Å². The van der Waals surface area contributed by atoms with Crippen LogP contribution in [0.3, 0.4) is 0 Å². The molecule has 7 nitrogen and oxygen atoms in total. The number of nitrogens with one attached hydrogen (secondary N) is 3. The summed E-state index contributed by atoms with van der Waals surface area (Å²) in [5.74, 6) is 0.742. The van der Waals surface area contributed by atoms with Crippen LogP contribution in [0.1, 0.15) is 5.56 Å². The number of para-hydroxylation sites is 3. The van der Waals surface area contributed by atoms with Crippen molar-refractivity contribution < 1.29 is 18.7 Å². The van der Waals surface area contributed by atoms with Gasteiger partial charge in [0.1, 0.15) is 17.3 Å². The minimum absolute atomic E-state index is 0.0618. The van der Waals surface area contributed by atoms with Crippen molar-refractivity contribution in [2.75, 3.05) is 28.6 Å². The minimum Gasteiger partial charge on any atom is -0.457 e. The summed E-state index contributed by atoms with van der Waals surface area (Å²) in [6, 6.07) is 28.7. The lowest BCUT2D eigenvalue weighted by Crippen LogP contribution is -2.42. The molecule has 0 aliphatic rings. The van der Waals surface area contributed by atoms with Gasteiger partial charge in [-0.15, -0.1) is 0 Å². The first kappa shape index (κ1) is 25.2. The van der Waals surface area contributed by atoms with Crippen molar-refractivity contribution in [2.45, 2.75) is 6.92 Å². The van der Waals surface area contributed by atoms with E-state index in [9.17, 15) is 14.0 Å². The SMILES string of the molecule is Cc1ccccc1NC(=O)NCCN(C(=O)Nc1ccccc1F)c1ccc(Oc2ccccc2)cc1. The predicted molar refractivity (Wildman–Crippen MR) is 144 cm³/mol. The third-order valence-electron chi connectivity index (χ3n) is 5.50. The number of amides is 4. The molecule has 3 N–H and O–H groups in total. The molecule has 0 heterocycles. The molecule has 0 saturated heterocycles. The summed E-state index contributed by atoms with van der Waals surface area (Å²) >= 11 is 0. The van der Waals surface area contributed by atoms with Crippen molar-refractivity contribution in [1.29, 1.82) is 0 Å². The lowest BCUT2D eigenvalue weighted by atomic mass is 10.2. The van der Waals surface area contributed by atoms with E-state index in [-0.39, 0.29) is 18.8 Å². The van der Waals surface area contributed by atoms with E-state index in [4.69, 9.17) is 4.74 Å². The summed E-state index contributed by atoms with van der Waals surface area (Å²) in [5, 5.41) is 8.16. The molecule has 0 atom stereocenters. The van der Waals surface area contributed by atoms with Gasteiger partial charge in [-0.3, -0.25) is 4.90 Å². The molecule has 37 heavy (non-hydrogen) atoms. The number of anilines is 3. The predicted octanol–water partition coefficient (Wildman–Crippen LogP) is 6.79. The Balaban J connectivity index is 1.45. The second-order valence-electron chi connectivity index (χ2n) is 8.17. The highest BCUT2D eigenvalue weighted by atomic mass is 19.1. The first-order valence-corrected chi connectivity index (χ1v) is 11.8. The summed E-state index contributed by atoms with van der Waals surface area (Å²) in [7, 11) is 0. The van der Waals surface area contributed by atoms with Gasteiger partial charge in [0.15, 0.2) is 0 Å². The molecular formula is C29H27FN4O3. The van der Waals surface area contributed by atoms with Crippen LogP contribution in [0.15, 0.2) is 103 Å². The molecule has 188 valence electrons. The number of hydrogen-bond acceptors (Lipinski definition) is 3. The Bertz CT molecular complexity index is 1350. The number of aryl methyl sites for hydroxylation is 1. The summed E-state index contributed by atoms with van der Waals surface area (Å²) < 4.78 is 20.0. The maximum atomic E-state index is 14.2. The fraction of sp³-hybridized carbons (Fsp3) is 0.103. The number of halogens is 1. The van der Waals surface area contributed by atoms with Crippen LogP contribution in [-0.4, -0.2) is 25.2 Å². The second kappa shape index (κ2) is 12.2. The molecule has 4 aromatic rings. The van der Waals surface area contributed by atoms with E-state index in [1.165, 1.54) is 17.0 Å². The molecule has 0 radical (unpaired) electrons. The molecular weight excluding hydrogens is 471 g/mol. The van der Waals surface area contributed by atoms with Crippen molar-refractivity contribution >= 4 is 29.1 Å². The highest BCUT2D eigenvalue weighted by molar-refractivity contribution is 6.02. The molecule has 0 unspecified atom stereocenters. The number of nitrogens with zero attached hydrogens (tertiary/aromatic N) is 1. The fourth-order valence-electron chi connectivity index (χ4n) is 3.57. The Morgan fingerprint density at radius 3 is 2.08 bits per heavy atom. The Labute approximate surface area is 214 Å². The van der Waals surface area contributed by atoms with Crippen molar-refractivity contribution in [1.82, 2.24) is 5.32 Å². The largest absolute Gasteiger partial charge is 0.457 e. The van der Waals surface area contributed by atoms with E-state index < -0.39 is 17.9 Å². The van der Waals surface area contributed by atoms with Gasteiger partial charge in [0.2, 0.25) is 0 Å². The van der Waals surface area contributed by atoms with Crippen LogP contribution in [0.5, 0.6) is 11.5 Å². The zero-order chi connectivity index (χ0) is 26.0. The molecule has 4 aromatic carbocycles. The van der Waals surface area contributed by atoms with Gasteiger partial charge in [0.25, 0.3) is 0 Å². The van der Waals surface area contributed by atoms with Gasteiger partial charge in [-0.25, -0.2) is 14.0 Å². The van der Waals surface area contributed by atoms with Gasteiger partial charge in [-0.2, -0.15) is 0 Å². The zero-order valence-electron chi connectivity index (χ0n) is 20.3. The van der Waals surface area contributed by atoms with Crippen molar-refractivity contribution in [2.24, 2.45) is 0 Å². The van der Waals surface area contributed by atoms with E-state index in [0.29, 0.717) is 22.9 Å². The van der Waals surface area contributed by atoms with E-state index in [1.807, 2.05) is 61.5 Å². The Kier molecular flexibility index (Phi) is 8.33. The fourth-order valence-corrected chi connectivity index (χ4v) is 3.57. The molecule has 0 aliphatic carbocycles. The molecule has 0 bridgehead atoms. The van der Waals surface area contributed by atoms with Crippen LogP contribution in [0.25, 0.3) is 0 Å². The maximum absolute atomic E-state index is 14.2. The van der Waals surface area contributed by atoms with Crippen molar-refractivity contribution in [3.05, 3.63) is 115 Å². The number of hydrogen-bond donors (Lipinski definition) is 3. The van der Waals surface area contributed by atoms with Gasteiger partial charge < -0.3 is 20.7 Å². The van der Waals surface area contributed by atoms with Crippen LogP contribution < -0.4 is 25.6 Å². The first-order valence-electron chi connectivity index (χ1n) is 11.8. The normalized spacial score (nSPS) is 10.3. The van der Waals surface area contributed by atoms with Crippen LogP contribution in [0.2, 0.25) is 0 Å². The van der Waals surface area contributed by atoms with Crippen LogP contribution >= 0.6 is 0 Å². The topological polar surface area (TPSA) is 82.7 Å². The van der Waals surface area contributed by atoms with Crippen molar-refractivity contribution in [3.8, 4) is 11.5 Å². The minimum atomic E-state index is -0.543. The monoisotopic (exact) mass is 498 g/mol. The van der Waals surface area contributed by atoms with E-state index in [2.05, 4.69) is 16.0 Å². The number of carbonyl (C=O) groups excluding carboxylic acids is 2. The molecule has 8 heteroatoms. The van der Waals surface area contributed by atoms with Crippen molar-refractivity contribution in [3.63, 3.8) is 0 Å². The average Bonchev–Trinajstić information content (AvgIpc) is 2.90. The van der Waals surface area contributed by atoms with Gasteiger partial charge in [-0.05, 0) is 67.1 Å². The second-order valence-corrected chi connectivity index (χ2v) is 8.17. The number of rotatable bonds is 8. The van der Waals surface area contributed by atoms with Crippen LogP contribution in [0.4, 0.5) is 31.0 Å². The number of benzene rings is 4. The highest BCUT2D eigenvalue weighted by Crippen LogP contribution is 2.25. The number of urea groups is 2. The molecule has 0 saturated carbocycles. The molecule has 4 amide bonds. The lowest BCUT2D eigenvalue weighted by molar-refractivity contribution is 0.250.